The summed E-state index contributed by atoms with van der Waals surface area (Å²) in [4.78, 5) is 16.1. The van der Waals surface area contributed by atoms with Gasteiger partial charge in [-0.25, -0.2) is 22.6 Å². The van der Waals surface area contributed by atoms with Crippen molar-refractivity contribution in [2.45, 2.75) is 23.9 Å². The maximum Gasteiger partial charge on any atom is 0.319 e. The van der Waals surface area contributed by atoms with E-state index < -0.39 is 27.7 Å². The molecule has 138 valence electrons. The molecule has 9 heteroatoms. The first-order valence-electron chi connectivity index (χ1n) is 7.99. The summed E-state index contributed by atoms with van der Waals surface area (Å²) in [5.41, 5.74) is 0.933. The molecule has 0 fully saturated rings. The number of halogens is 1. The predicted octanol–water partition coefficient (Wildman–Crippen LogP) is 2.66. The molecule has 1 aromatic heterocycles. The number of carbonyl (C=O) groups is 1. The number of carbonyl (C=O) groups excluding carboxylic acids is 1. The van der Waals surface area contributed by atoms with Crippen LogP contribution in [-0.2, 0) is 9.84 Å². The van der Waals surface area contributed by atoms with Gasteiger partial charge in [-0.15, -0.1) is 0 Å². The second-order valence-corrected chi connectivity index (χ2v) is 7.94. The number of rotatable bonds is 3. The third-order valence-corrected chi connectivity index (χ3v) is 4.92. The number of amides is 2. The Balaban J connectivity index is 1.71. The number of sulfone groups is 1. The van der Waals surface area contributed by atoms with E-state index in [1.165, 1.54) is 30.5 Å². The van der Waals surface area contributed by atoms with Gasteiger partial charge in [0.05, 0.1) is 24.5 Å². The molecule has 2 aromatic rings. The lowest BCUT2D eigenvalue weighted by atomic mass is 10.0. The van der Waals surface area contributed by atoms with Gasteiger partial charge in [0.25, 0.3) is 0 Å². The third kappa shape index (κ3) is 4.29. The largest absolute Gasteiger partial charge is 0.493 e. The summed E-state index contributed by atoms with van der Waals surface area (Å²) in [6.07, 6.45) is 3.64. The van der Waals surface area contributed by atoms with Crippen molar-refractivity contribution in [3.8, 4) is 5.75 Å². The average Bonchev–Trinajstić information content (AvgIpc) is 2.77. The normalized spacial score (nSPS) is 16.8. The molecule has 26 heavy (non-hydrogen) atoms. The van der Waals surface area contributed by atoms with Crippen molar-refractivity contribution in [2.24, 2.45) is 0 Å². The Morgan fingerprint density at radius 2 is 2.12 bits per heavy atom. The van der Waals surface area contributed by atoms with Crippen LogP contribution in [0.5, 0.6) is 5.75 Å². The third-order valence-electron chi connectivity index (χ3n) is 3.92. The van der Waals surface area contributed by atoms with Gasteiger partial charge in [0.15, 0.2) is 14.9 Å². The number of nitrogens with zero attached hydrogens (tertiary/aromatic N) is 1. The van der Waals surface area contributed by atoms with Crippen molar-refractivity contribution in [3.63, 3.8) is 0 Å². The zero-order valence-electron chi connectivity index (χ0n) is 14.0. The van der Waals surface area contributed by atoms with Gasteiger partial charge in [-0.1, -0.05) is 0 Å². The molecule has 0 saturated carbocycles. The highest BCUT2D eigenvalue weighted by molar-refractivity contribution is 7.90. The molecule has 1 atom stereocenters. The number of ether oxygens (including phenoxy) is 1. The fourth-order valence-electron chi connectivity index (χ4n) is 2.70. The van der Waals surface area contributed by atoms with Crippen LogP contribution in [0.15, 0.2) is 41.6 Å². The summed E-state index contributed by atoms with van der Waals surface area (Å²) >= 11 is 0. The Bertz CT molecular complexity index is 916. The van der Waals surface area contributed by atoms with E-state index in [9.17, 15) is 17.6 Å². The number of urea groups is 1. The van der Waals surface area contributed by atoms with Crippen molar-refractivity contribution >= 4 is 21.6 Å². The topological polar surface area (TPSA) is 97.4 Å². The van der Waals surface area contributed by atoms with Gasteiger partial charge in [0.1, 0.15) is 11.6 Å². The molecule has 1 aromatic carbocycles. The minimum atomic E-state index is -3.40. The van der Waals surface area contributed by atoms with E-state index in [1.54, 1.807) is 6.07 Å². The number of fused-ring (bicyclic) bond motifs is 1. The minimum absolute atomic E-state index is 0.0752. The Kier molecular flexibility index (Phi) is 5.08. The van der Waals surface area contributed by atoms with Gasteiger partial charge in [0.2, 0.25) is 0 Å². The van der Waals surface area contributed by atoms with Crippen LogP contribution in [0.3, 0.4) is 0 Å². The summed E-state index contributed by atoms with van der Waals surface area (Å²) in [6.45, 7) is 0.495. The highest BCUT2D eigenvalue weighted by Gasteiger charge is 2.22. The van der Waals surface area contributed by atoms with E-state index in [-0.39, 0.29) is 5.03 Å². The second kappa shape index (κ2) is 7.28. The maximum absolute atomic E-state index is 13.6. The fourth-order valence-corrected chi connectivity index (χ4v) is 3.26. The van der Waals surface area contributed by atoms with E-state index in [0.717, 1.165) is 6.26 Å². The number of nitrogens with one attached hydrogen (secondary N) is 2. The van der Waals surface area contributed by atoms with E-state index in [1.807, 2.05) is 0 Å². The van der Waals surface area contributed by atoms with Crippen LogP contribution in [0.4, 0.5) is 14.9 Å². The number of anilines is 1. The summed E-state index contributed by atoms with van der Waals surface area (Å²) in [7, 11) is -3.40. The lowest BCUT2D eigenvalue weighted by Gasteiger charge is -2.19. The molecule has 2 amide bonds. The lowest BCUT2D eigenvalue weighted by molar-refractivity contribution is 0.247. The standard InChI is InChI=1S/C17H18FN3O4S/c1-26(23,24)16-7-5-12(10-19-16)20-17(22)21-14-3-2-8-25-15-6-4-11(18)9-13(14)15/h4-7,9-10,14H,2-3,8H2,1H3,(H2,20,21,22). The first kappa shape index (κ1) is 18.1. The van der Waals surface area contributed by atoms with Crippen molar-refractivity contribution in [1.82, 2.24) is 10.3 Å². The first-order chi connectivity index (χ1) is 12.3. The van der Waals surface area contributed by atoms with Crippen molar-refractivity contribution < 1.29 is 22.3 Å². The first-order valence-corrected chi connectivity index (χ1v) is 9.88. The van der Waals surface area contributed by atoms with Crippen molar-refractivity contribution in [2.75, 3.05) is 18.2 Å². The molecule has 2 heterocycles. The molecule has 3 rings (SSSR count). The average molecular weight is 379 g/mol. The molecular formula is C17H18FN3O4S. The second-order valence-electron chi connectivity index (χ2n) is 5.98. The molecular weight excluding hydrogens is 361 g/mol. The van der Waals surface area contributed by atoms with Gasteiger partial charge >= 0.3 is 6.03 Å². The summed E-state index contributed by atoms with van der Waals surface area (Å²) in [5, 5.41) is 5.31. The van der Waals surface area contributed by atoms with Gasteiger partial charge in [-0.2, -0.15) is 0 Å². The van der Waals surface area contributed by atoms with Crippen LogP contribution in [0.1, 0.15) is 24.4 Å². The molecule has 0 bridgehead atoms. The van der Waals surface area contributed by atoms with Gasteiger partial charge < -0.3 is 15.4 Å². The van der Waals surface area contributed by atoms with E-state index in [4.69, 9.17) is 4.74 Å². The highest BCUT2D eigenvalue weighted by atomic mass is 32.2. The molecule has 7 nitrogen and oxygen atoms in total. The van der Waals surface area contributed by atoms with E-state index >= 15 is 0 Å². The number of hydrogen-bond donors (Lipinski definition) is 2. The monoisotopic (exact) mass is 379 g/mol. The molecule has 0 spiro atoms. The van der Waals surface area contributed by atoms with Gasteiger partial charge in [0, 0.05) is 11.8 Å². The van der Waals surface area contributed by atoms with Crippen molar-refractivity contribution in [3.05, 3.63) is 47.9 Å². The maximum atomic E-state index is 13.6. The Hall–Kier alpha value is -2.68. The van der Waals surface area contributed by atoms with Gasteiger partial charge in [-0.05, 0) is 43.2 Å². The van der Waals surface area contributed by atoms with Crippen LogP contribution in [0.25, 0.3) is 0 Å². The van der Waals surface area contributed by atoms with E-state index in [2.05, 4.69) is 15.6 Å². The number of pyridine rings is 1. The Morgan fingerprint density at radius 1 is 1.31 bits per heavy atom. The highest BCUT2D eigenvalue weighted by Crippen LogP contribution is 2.32. The minimum Gasteiger partial charge on any atom is -0.493 e. The molecule has 0 radical (unpaired) electrons. The predicted molar refractivity (Wildman–Crippen MR) is 93.4 cm³/mol. The van der Waals surface area contributed by atoms with Crippen molar-refractivity contribution in [1.29, 1.82) is 0 Å². The fraction of sp³-hybridized carbons (Fsp3) is 0.294. The smallest absolute Gasteiger partial charge is 0.319 e. The number of benzene rings is 1. The number of aromatic nitrogens is 1. The molecule has 0 aliphatic carbocycles. The molecule has 2 N–H and O–H groups in total. The van der Waals surface area contributed by atoms with Crippen LogP contribution < -0.4 is 15.4 Å². The molecule has 1 unspecified atom stereocenters. The summed E-state index contributed by atoms with van der Waals surface area (Å²) in [6, 6.07) is 6.09. The lowest BCUT2D eigenvalue weighted by Crippen LogP contribution is -2.32. The number of hydrogen-bond acceptors (Lipinski definition) is 5. The summed E-state index contributed by atoms with van der Waals surface area (Å²) < 4.78 is 42.0. The van der Waals surface area contributed by atoms with Gasteiger partial charge in [-0.3, -0.25) is 0 Å². The van der Waals surface area contributed by atoms with Crippen LogP contribution in [0, 0.1) is 5.82 Å². The molecule has 1 aliphatic heterocycles. The molecule has 1 aliphatic rings. The van der Waals surface area contributed by atoms with Crippen LogP contribution in [0.2, 0.25) is 0 Å². The molecule has 0 saturated heterocycles. The summed E-state index contributed by atoms with van der Waals surface area (Å²) in [5.74, 6) is 0.149. The zero-order valence-corrected chi connectivity index (χ0v) is 14.8. The Labute approximate surface area is 150 Å². The quantitative estimate of drug-likeness (QED) is 0.854. The zero-order chi connectivity index (χ0) is 18.7. The Morgan fingerprint density at radius 3 is 2.81 bits per heavy atom. The SMILES string of the molecule is CS(=O)(=O)c1ccc(NC(=O)NC2CCCOc3ccc(F)cc32)cn1. The van der Waals surface area contributed by atoms with Crippen LogP contribution >= 0.6 is 0 Å². The van der Waals surface area contributed by atoms with E-state index in [0.29, 0.717) is 36.4 Å². The van der Waals surface area contributed by atoms with Crippen LogP contribution in [-0.4, -0.2) is 32.3 Å².